The smallest absolute Gasteiger partial charge is 0.323 e. The summed E-state index contributed by atoms with van der Waals surface area (Å²) in [6, 6.07) is 0.373. The minimum absolute atomic E-state index is 0.0502. The highest BCUT2D eigenvalue weighted by atomic mass is 16.5. The van der Waals surface area contributed by atoms with E-state index >= 15 is 0 Å². The van der Waals surface area contributed by atoms with Crippen LogP contribution in [0.4, 0.5) is 0 Å². The molecule has 17 heavy (non-hydrogen) atoms. The van der Waals surface area contributed by atoms with Gasteiger partial charge in [-0.15, -0.1) is 0 Å². The summed E-state index contributed by atoms with van der Waals surface area (Å²) in [4.78, 5) is 16.6. The van der Waals surface area contributed by atoms with Crippen LogP contribution >= 0.6 is 0 Å². The zero-order chi connectivity index (χ0) is 12.8. The Balaban J connectivity index is 2.65. The summed E-state index contributed by atoms with van der Waals surface area (Å²) in [5.74, 6) is -0.0502. The van der Waals surface area contributed by atoms with Gasteiger partial charge in [-0.05, 0) is 27.3 Å². The van der Waals surface area contributed by atoms with E-state index in [1.807, 2.05) is 6.92 Å². The Morgan fingerprint density at radius 3 is 2.65 bits per heavy atom. The molecule has 1 rings (SSSR count). The number of hydrogen-bond acceptors (Lipinski definition) is 4. The fourth-order valence-corrected chi connectivity index (χ4v) is 2.55. The summed E-state index contributed by atoms with van der Waals surface area (Å²) in [6.07, 6.45) is 1.91. The minimum atomic E-state index is -0.0522. The summed E-state index contributed by atoms with van der Waals surface area (Å²) < 4.78 is 5.19. The number of nitrogens with zero attached hydrogens (tertiary/aromatic N) is 2. The van der Waals surface area contributed by atoms with E-state index in [9.17, 15) is 4.79 Å². The van der Waals surface area contributed by atoms with E-state index in [2.05, 4.69) is 30.7 Å². The number of hydrogen-bond donors (Lipinski definition) is 0. The highest BCUT2D eigenvalue weighted by Crippen LogP contribution is 2.17. The number of carbonyl (C=O) groups is 1. The molecule has 1 heterocycles. The zero-order valence-corrected chi connectivity index (χ0v) is 11.6. The maximum atomic E-state index is 12.0. The molecule has 100 valence electrons. The van der Waals surface area contributed by atoms with Gasteiger partial charge in [0.1, 0.15) is 6.04 Å². The predicted octanol–water partition coefficient (Wildman–Crippen LogP) is 1.35. The van der Waals surface area contributed by atoms with E-state index in [0.717, 1.165) is 32.5 Å². The molecule has 0 aromatic heterocycles. The van der Waals surface area contributed by atoms with E-state index in [-0.39, 0.29) is 12.0 Å². The summed E-state index contributed by atoms with van der Waals surface area (Å²) in [5, 5.41) is 0. The lowest BCUT2D eigenvalue weighted by Gasteiger charge is -2.41. The fourth-order valence-electron chi connectivity index (χ4n) is 2.55. The Morgan fingerprint density at radius 2 is 2.12 bits per heavy atom. The topological polar surface area (TPSA) is 32.8 Å². The van der Waals surface area contributed by atoms with Crippen LogP contribution in [0.5, 0.6) is 0 Å². The van der Waals surface area contributed by atoms with Crippen molar-refractivity contribution in [1.29, 1.82) is 0 Å². The molecule has 0 radical (unpaired) electrons. The molecule has 1 fully saturated rings. The third kappa shape index (κ3) is 3.96. The van der Waals surface area contributed by atoms with E-state index in [1.165, 1.54) is 0 Å². The Labute approximate surface area is 105 Å². The van der Waals surface area contributed by atoms with Crippen LogP contribution in [0.1, 0.15) is 33.6 Å². The van der Waals surface area contributed by atoms with Gasteiger partial charge in [0.2, 0.25) is 0 Å². The summed E-state index contributed by atoms with van der Waals surface area (Å²) in [7, 11) is 2.13. The Kier molecular flexibility index (Phi) is 5.92. The van der Waals surface area contributed by atoms with Crippen LogP contribution in [0.3, 0.4) is 0 Å². The molecule has 0 bridgehead atoms. The van der Waals surface area contributed by atoms with Gasteiger partial charge in [-0.25, -0.2) is 0 Å². The number of likely N-dealkylation sites (N-methyl/N-ethyl adjacent to an activating group) is 1. The molecule has 4 heteroatoms. The first-order valence-electron chi connectivity index (χ1n) is 6.71. The third-order valence-corrected chi connectivity index (χ3v) is 3.40. The van der Waals surface area contributed by atoms with Crippen molar-refractivity contribution in [2.75, 3.05) is 33.3 Å². The molecule has 1 aliphatic rings. The molecule has 0 amide bonds. The number of ether oxygens (including phenoxy) is 1. The van der Waals surface area contributed by atoms with Crippen molar-refractivity contribution in [3.63, 3.8) is 0 Å². The van der Waals surface area contributed by atoms with Gasteiger partial charge in [0, 0.05) is 25.7 Å². The van der Waals surface area contributed by atoms with Crippen LogP contribution in [0, 0.1) is 0 Å². The highest BCUT2D eigenvalue weighted by Gasteiger charge is 2.32. The van der Waals surface area contributed by atoms with Crippen molar-refractivity contribution in [3.05, 3.63) is 0 Å². The van der Waals surface area contributed by atoms with E-state index in [0.29, 0.717) is 12.6 Å². The van der Waals surface area contributed by atoms with Crippen molar-refractivity contribution in [2.24, 2.45) is 0 Å². The van der Waals surface area contributed by atoms with Gasteiger partial charge < -0.3 is 9.64 Å². The molecule has 2 atom stereocenters. The van der Waals surface area contributed by atoms with Crippen molar-refractivity contribution in [2.45, 2.75) is 45.7 Å². The van der Waals surface area contributed by atoms with Crippen molar-refractivity contribution in [3.8, 4) is 0 Å². The number of carbonyl (C=O) groups excluding carboxylic acids is 1. The van der Waals surface area contributed by atoms with Crippen LogP contribution in [0.25, 0.3) is 0 Å². The van der Waals surface area contributed by atoms with E-state index in [4.69, 9.17) is 4.74 Å². The maximum Gasteiger partial charge on any atom is 0.323 e. The van der Waals surface area contributed by atoms with Crippen LogP contribution < -0.4 is 0 Å². The lowest BCUT2D eigenvalue weighted by atomic mass is 10.1. The summed E-state index contributed by atoms with van der Waals surface area (Å²) in [5.41, 5.74) is 0. The quantitative estimate of drug-likeness (QED) is 0.681. The van der Waals surface area contributed by atoms with Crippen LogP contribution in [0.2, 0.25) is 0 Å². The second-order valence-electron chi connectivity index (χ2n) is 4.91. The van der Waals surface area contributed by atoms with Gasteiger partial charge in [0.05, 0.1) is 6.61 Å². The Bertz CT molecular complexity index is 246. The first-order valence-corrected chi connectivity index (χ1v) is 6.71. The molecule has 0 aromatic carbocycles. The first kappa shape index (κ1) is 14.5. The molecule has 0 aliphatic carbocycles. The molecule has 0 N–H and O–H groups in total. The molecule has 2 unspecified atom stereocenters. The molecule has 4 nitrogen and oxygen atoms in total. The van der Waals surface area contributed by atoms with Crippen molar-refractivity contribution in [1.82, 2.24) is 9.80 Å². The van der Waals surface area contributed by atoms with Gasteiger partial charge in [0.25, 0.3) is 0 Å². The maximum absolute atomic E-state index is 12.0. The molecule has 0 aromatic rings. The average molecular weight is 242 g/mol. The lowest BCUT2D eigenvalue weighted by Crippen LogP contribution is -2.56. The van der Waals surface area contributed by atoms with Crippen LogP contribution in [-0.4, -0.2) is 61.1 Å². The minimum Gasteiger partial charge on any atom is -0.465 e. The van der Waals surface area contributed by atoms with Crippen molar-refractivity contribution >= 4 is 5.97 Å². The summed E-state index contributed by atoms with van der Waals surface area (Å²) >= 11 is 0. The number of esters is 1. The van der Waals surface area contributed by atoms with Crippen LogP contribution in [0.15, 0.2) is 0 Å². The predicted molar refractivity (Wildman–Crippen MR) is 69.0 cm³/mol. The van der Waals surface area contributed by atoms with Crippen LogP contribution in [-0.2, 0) is 9.53 Å². The molecule has 1 saturated heterocycles. The largest absolute Gasteiger partial charge is 0.465 e. The molecular weight excluding hydrogens is 216 g/mol. The van der Waals surface area contributed by atoms with Gasteiger partial charge >= 0.3 is 5.97 Å². The van der Waals surface area contributed by atoms with Gasteiger partial charge in [-0.2, -0.15) is 0 Å². The fraction of sp³-hybridized carbons (Fsp3) is 0.923. The zero-order valence-electron chi connectivity index (χ0n) is 11.6. The monoisotopic (exact) mass is 242 g/mol. The average Bonchev–Trinajstić information content (AvgIpc) is 2.27. The second kappa shape index (κ2) is 6.97. The number of piperazine rings is 1. The first-order chi connectivity index (χ1) is 8.10. The second-order valence-corrected chi connectivity index (χ2v) is 4.91. The van der Waals surface area contributed by atoms with E-state index in [1.54, 1.807) is 0 Å². The summed E-state index contributed by atoms with van der Waals surface area (Å²) in [6.45, 7) is 9.67. The normalized spacial score (nSPS) is 24.6. The van der Waals surface area contributed by atoms with Gasteiger partial charge in [0.15, 0.2) is 0 Å². The standard InChI is InChI=1S/C13H26N2O2/c1-5-7-12(13(16)17-6-2)15-9-8-14(4)10-11(15)3/h11-12H,5-10H2,1-4H3. The van der Waals surface area contributed by atoms with Gasteiger partial charge in [-0.1, -0.05) is 13.3 Å². The number of rotatable bonds is 5. The third-order valence-electron chi connectivity index (χ3n) is 3.40. The highest BCUT2D eigenvalue weighted by molar-refractivity contribution is 5.75. The Hall–Kier alpha value is -0.610. The molecule has 1 aliphatic heterocycles. The van der Waals surface area contributed by atoms with Crippen molar-refractivity contribution < 1.29 is 9.53 Å². The lowest BCUT2D eigenvalue weighted by molar-refractivity contribution is -0.152. The molecule has 0 spiro atoms. The van der Waals surface area contributed by atoms with E-state index < -0.39 is 0 Å². The molecular formula is C13H26N2O2. The van der Waals surface area contributed by atoms with Gasteiger partial charge in [-0.3, -0.25) is 9.69 Å². The molecule has 0 saturated carbocycles. The SMILES string of the molecule is CCCC(C(=O)OCC)N1CCN(C)CC1C. The Morgan fingerprint density at radius 1 is 1.41 bits per heavy atom.